The van der Waals surface area contributed by atoms with Gasteiger partial charge in [-0.3, -0.25) is 9.59 Å². The van der Waals surface area contributed by atoms with Crippen LogP contribution in [0.5, 0.6) is 0 Å². The van der Waals surface area contributed by atoms with E-state index in [0.29, 0.717) is 5.69 Å². The Morgan fingerprint density at radius 3 is 2.32 bits per heavy atom. The fourth-order valence-electron chi connectivity index (χ4n) is 4.16. The first-order valence-electron chi connectivity index (χ1n) is 10.5. The third-order valence-electron chi connectivity index (χ3n) is 5.45. The number of aryl methyl sites for hydroxylation is 1. The van der Waals surface area contributed by atoms with Crippen LogP contribution in [0.1, 0.15) is 40.2 Å². The summed E-state index contributed by atoms with van der Waals surface area (Å²) in [6.07, 6.45) is -3.54. The van der Waals surface area contributed by atoms with Crippen LogP contribution in [0.3, 0.4) is 0 Å². The Morgan fingerprint density at radius 2 is 1.61 bits per heavy atom. The molecule has 1 aromatic rings. The second-order valence-electron chi connectivity index (χ2n) is 9.18. The van der Waals surface area contributed by atoms with Crippen LogP contribution < -0.4 is 10.6 Å². The second-order valence-corrected chi connectivity index (χ2v) is 9.18. The number of carbonyl (C=O) groups excluding carboxylic acids is 2. The molecule has 170 valence electrons. The fourth-order valence-corrected chi connectivity index (χ4v) is 4.16. The number of hydrogen-bond donors (Lipinski definition) is 2. The van der Waals surface area contributed by atoms with E-state index in [2.05, 4.69) is 10.6 Å². The molecule has 3 heterocycles. The number of anilines is 1. The summed E-state index contributed by atoms with van der Waals surface area (Å²) < 4.78 is 29.7. The van der Waals surface area contributed by atoms with Gasteiger partial charge >= 0.3 is 0 Å². The number of fused-ring (bicyclic) bond motifs is 3. The normalized spacial score (nSPS) is 33.8. The van der Waals surface area contributed by atoms with Gasteiger partial charge in [0.25, 0.3) is 5.91 Å². The number of ether oxygens (including phenoxy) is 5. The van der Waals surface area contributed by atoms with Crippen molar-refractivity contribution < 1.29 is 33.3 Å². The van der Waals surface area contributed by atoms with E-state index >= 15 is 0 Å². The molecule has 0 unspecified atom stereocenters. The quantitative estimate of drug-likeness (QED) is 0.745. The zero-order valence-electron chi connectivity index (χ0n) is 18.6. The van der Waals surface area contributed by atoms with Crippen LogP contribution in [0, 0.1) is 6.92 Å². The van der Waals surface area contributed by atoms with Crippen molar-refractivity contribution >= 4 is 17.5 Å². The predicted octanol–water partition coefficient (Wildman–Crippen LogP) is 1.83. The second kappa shape index (κ2) is 7.83. The summed E-state index contributed by atoms with van der Waals surface area (Å²) in [5.74, 6) is -2.59. The van der Waals surface area contributed by atoms with Gasteiger partial charge in [-0.25, -0.2) is 0 Å². The minimum Gasteiger partial charge on any atom is -0.342 e. The summed E-state index contributed by atoms with van der Waals surface area (Å²) in [5.41, 5.74) is 1.68. The molecule has 0 bridgehead atoms. The molecule has 4 rings (SSSR count). The average Bonchev–Trinajstić information content (AvgIpc) is 3.14. The van der Waals surface area contributed by atoms with Gasteiger partial charge in [0.2, 0.25) is 5.91 Å². The number of nitrogens with one attached hydrogen (secondary N) is 2. The maximum absolute atomic E-state index is 13.1. The third-order valence-corrected chi connectivity index (χ3v) is 5.45. The zero-order chi connectivity index (χ0) is 22.6. The van der Waals surface area contributed by atoms with Gasteiger partial charge in [0.05, 0.1) is 0 Å². The number of benzene rings is 1. The Bertz CT molecular complexity index is 871. The van der Waals surface area contributed by atoms with Crippen molar-refractivity contribution in [1.29, 1.82) is 0 Å². The van der Waals surface area contributed by atoms with Crippen molar-refractivity contribution in [2.75, 3.05) is 5.32 Å². The van der Waals surface area contributed by atoms with Crippen molar-refractivity contribution in [2.24, 2.45) is 0 Å². The monoisotopic (exact) mass is 434 g/mol. The Hall–Kier alpha value is -2.04. The molecule has 3 fully saturated rings. The smallest absolute Gasteiger partial charge is 0.252 e. The molecular formula is C22H30N2O7. The number of rotatable bonds is 4. The topological polar surface area (TPSA) is 104 Å². The van der Waals surface area contributed by atoms with Crippen molar-refractivity contribution in [3.05, 3.63) is 29.8 Å². The Balaban J connectivity index is 1.45. The van der Waals surface area contributed by atoms with Gasteiger partial charge < -0.3 is 34.3 Å². The van der Waals surface area contributed by atoms with Crippen molar-refractivity contribution in [3.8, 4) is 0 Å². The summed E-state index contributed by atoms with van der Waals surface area (Å²) in [6.45, 7) is 10.6. The van der Waals surface area contributed by atoms with E-state index in [4.69, 9.17) is 23.7 Å². The number of amides is 2. The van der Waals surface area contributed by atoms with E-state index in [-0.39, 0.29) is 5.91 Å². The van der Waals surface area contributed by atoms with E-state index in [1.807, 2.05) is 25.1 Å². The van der Waals surface area contributed by atoms with Crippen molar-refractivity contribution in [1.82, 2.24) is 5.32 Å². The molecular weight excluding hydrogens is 404 g/mol. The van der Waals surface area contributed by atoms with Crippen LogP contribution >= 0.6 is 0 Å². The van der Waals surface area contributed by atoms with Crippen LogP contribution in [-0.4, -0.2) is 60.1 Å². The first-order valence-corrected chi connectivity index (χ1v) is 10.5. The van der Waals surface area contributed by atoms with Gasteiger partial charge in [-0.05, 0) is 59.2 Å². The number of hydrogen-bond acceptors (Lipinski definition) is 7. The minimum atomic E-state index is -1.01. The maximum atomic E-state index is 13.1. The van der Waals surface area contributed by atoms with Gasteiger partial charge in [-0.1, -0.05) is 12.1 Å². The molecule has 6 atom stereocenters. The van der Waals surface area contributed by atoms with Crippen LogP contribution in [0.2, 0.25) is 0 Å². The zero-order valence-corrected chi connectivity index (χ0v) is 18.6. The fraction of sp³-hybridized carbons (Fsp3) is 0.636. The maximum Gasteiger partial charge on any atom is 0.252 e. The summed E-state index contributed by atoms with van der Waals surface area (Å²) in [7, 11) is 0. The molecule has 31 heavy (non-hydrogen) atoms. The molecule has 1 aromatic carbocycles. The van der Waals surface area contributed by atoms with Gasteiger partial charge in [-0.2, -0.15) is 0 Å². The molecule has 3 aliphatic rings. The van der Waals surface area contributed by atoms with E-state index in [1.165, 1.54) is 0 Å². The van der Waals surface area contributed by atoms with E-state index in [1.54, 1.807) is 40.7 Å². The first-order chi connectivity index (χ1) is 14.4. The molecule has 9 heteroatoms. The summed E-state index contributed by atoms with van der Waals surface area (Å²) in [5, 5.41) is 5.52. The standard InChI is InChI=1S/C22H30N2O7/c1-11-8-7-9-13(10-11)24-18(25)12(2)23-19(26)16-14-15(29-21(3,4)28-14)17-20(27-16)31-22(5,6)30-17/h7-10,12,14-17,20H,1-6H3,(H,23,26)(H,24,25)/t12-,14-,15+,16+,17-,20-/m1/s1. The first kappa shape index (κ1) is 22.2. The summed E-state index contributed by atoms with van der Waals surface area (Å²) in [4.78, 5) is 25.6. The molecule has 3 saturated heterocycles. The van der Waals surface area contributed by atoms with Gasteiger partial charge in [0, 0.05) is 5.69 Å². The Morgan fingerprint density at radius 1 is 0.968 bits per heavy atom. The molecule has 0 aromatic heterocycles. The highest BCUT2D eigenvalue weighted by Crippen LogP contribution is 2.44. The van der Waals surface area contributed by atoms with Crippen LogP contribution in [0.25, 0.3) is 0 Å². The predicted molar refractivity (Wildman–Crippen MR) is 110 cm³/mol. The molecule has 0 radical (unpaired) electrons. The highest BCUT2D eigenvalue weighted by molar-refractivity contribution is 5.97. The van der Waals surface area contributed by atoms with Crippen LogP contribution in [-0.2, 0) is 33.3 Å². The summed E-state index contributed by atoms with van der Waals surface area (Å²) in [6, 6.07) is 6.64. The lowest BCUT2D eigenvalue weighted by molar-refractivity contribution is -0.231. The number of carbonyl (C=O) groups is 2. The lowest BCUT2D eigenvalue weighted by Crippen LogP contribution is -2.60. The SMILES string of the molecule is Cc1cccc(NC(=O)[C@@H](C)NC(=O)[C@H]2O[C@@H]3OC(C)(C)O[C@@H]3[C@H]3OC(C)(C)O[C@H]32)c1. The van der Waals surface area contributed by atoms with E-state index in [0.717, 1.165) is 5.56 Å². The average molecular weight is 434 g/mol. The Kier molecular flexibility index (Phi) is 5.60. The molecule has 9 nitrogen and oxygen atoms in total. The molecule has 0 spiro atoms. The van der Waals surface area contributed by atoms with Crippen molar-refractivity contribution in [2.45, 2.75) is 89.9 Å². The highest BCUT2D eigenvalue weighted by Gasteiger charge is 2.62. The van der Waals surface area contributed by atoms with Gasteiger partial charge in [0.1, 0.15) is 24.4 Å². The lowest BCUT2D eigenvalue weighted by atomic mass is 9.98. The van der Waals surface area contributed by atoms with Crippen LogP contribution in [0.4, 0.5) is 5.69 Å². The van der Waals surface area contributed by atoms with E-state index < -0.39 is 54.2 Å². The van der Waals surface area contributed by atoms with Gasteiger partial charge in [0.15, 0.2) is 24.0 Å². The van der Waals surface area contributed by atoms with Gasteiger partial charge in [-0.15, -0.1) is 0 Å². The molecule has 3 aliphatic heterocycles. The molecule has 0 aliphatic carbocycles. The van der Waals surface area contributed by atoms with E-state index in [9.17, 15) is 9.59 Å². The minimum absolute atomic E-state index is 0.338. The highest BCUT2D eigenvalue weighted by atomic mass is 16.9. The largest absolute Gasteiger partial charge is 0.342 e. The molecule has 0 saturated carbocycles. The van der Waals surface area contributed by atoms with Crippen LogP contribution in [0.15, 0.2) is 24.3 Å². The third kappa shape index (κ3) is 4.61. The van der Waals surface area contributed by atoms with Crippen molar-refractivity contribution in [3.63, 3.8) is 0 Å². The molecule has 2 amide bonds. The summed E-state index contributed by atoms with van der Waals surface area (Å²) >= 11 is 0. The Labute approximate surface area is 181 Å². The lowest BCUT2D eigenvalue weighted by Gasteiger charge is -2.36. The molecule has 2 N–H and O–H groups in total.